The number of carbonyl (C=O) groups is 2. The summed E-state index contributed by atoms with van der Waals surface area (Å²) in [6.45, 7) is 1.59. The molecule has 0 radical (unpaired) electrons. The maximum absolute atomic E-state index is 12.8. The summed E-state index contributed by atoms with van der Waals surface area (Å²) < 4.78 is 10.7. The van der Waals surface area contributed by atoms with Crippen LogP contribution in [0.1, 0.15) is 16.1 Å². The van der Waals surface area contributed by atoms with Crippen LogP contribution in [0.4, 0.5) is 5.82 Å². The molecule has 1 heterocycles. The number of nitrogens with one attached hydrogen (secondary N) is 1. The van der Waals surface area contributed by atoms with Crippen molar-refractivity contribution in [1.82, 2.24) is 10.1 Å². The third-order valence-corrected chi connectivity index (χ3v) is 3.71. The molecule has 0 saturated heterocycles. The number of nitrogens with zero attached hydrogens (tertiary/aromatic N) is 2. The summed E-state index contributed by atoms with van der Waals surface area (Å²) in [6, 6.07) is 17.7. The number of carbonyl (C=O) groups excluding carboxylic acids is 2. The second-order valence-corrected chi connectivity index (χ2v) is 5.94. The largest absolute Gasteiger partial charge is 0.457 e. The number of aromatic nitrogens is 1. The predicted octanol–water partition coefficient (Wildman–Crippen LogP) is 3.49. The molecule has 0 spiro atoms. The molecular formula is C20H19N3O4. The quantitative estimate of drug-likeness (QED) is 0.723. The first-order valence-electron chi connectivity index (χ1n) is 8.33. The van der Waals surface area contributed by atoms with Crippen molar-refractivity contribution in [2.24, 2.45) is 0 Å². The minimum Gasteiger partial charge on any atom is -0.457 e. The van der Waals surface area contributed by atoms with Gasteiger partial charge in [0.1, 0.15) is 17.3 Å². The number of ether oxygens (including phenoxy) is 1. The Bertz CT molecular complexity index is 937. The third-order valence-electron chi connectivity index (χ3n) is 3.71. The van der Waals surface area contributed by atoms with Crippen LogP contribution >= 0.6 is 0 Å². The van der Waals surface area contributed by atoms with E-state index in [-0.39, 0.29) is 18.4 Å². The summed E-state index contributed by atoms with van der Waals surface area (Å²) in [6.07, 6.45) is 0. The van der Waals surface area contributed by atoms with Gasteiger partial charge in [-0.1, -0.05) is 35.5 Å². The van der Waals surface area contributed by atoms with Crippen molar-refractivity contribution in [3.05, 3.63) is 72.0 Å². The van der Waals surface area contributed by atoms with Gasteiger partial charge in [-0.25, -0.2) is 0 Å². The Kier molecular flexibility index (Phi) is 5.51. The predicted molar refractivity (Wildman–Crippen MR) is 99.8 cm³/mol. The molecule has 138 valence electrons. The summed E-state index contributed by atoms with van der Waals surface area (Å²) in [5, 5.41) is 6.28. The summed E-state index contributed by atoms with van der Waals surface area (Å²) in [7, 11) is 1.55. The molecule has 1 N–H and O–H groups in total. The Morgan fingerprint density at radius 2 is 1.81 bits per heavy atom. The number of aryl methyl sites for hydroxylation is 1. The van der Waals surface area contributed by atoms with Crippen molar-refractivity contribution in [3.63, 3.8) is 0 Å². The average molecular weight is 365 g/mol. The van der Waals surface area contributed by atoms with Crippen molar-refractivity contribution < 1.29 is 18.8 Å². The number of benzene rings is 2. The first-order valence-corrected chi connectivity index (χ1v) is 8.33. The van der Waals surface area contributed by atoms with Crippen molar-refractivity contribution >= 4 is 17.6 Å². The van der Waals surface area contributed by atoms with E-state index in [9.17, 15) is 9.59 Å². The van der Waals surface area contributed by atoms with Crippen LogP contribution in [0.2, 0.25) is 0 Å². The maximum Gasteiger partial charge on any atom is 0.257 e. The smallest absolute Gasteiger partial charge is 0.257 e. The lowest BCUT2D eigenvalue weighted by Crippen LogP contribution is -2.35. The number of likely N-dealkylation sites (N-methyl/N-ethyl adjacent to an activating group) is 1. The van der Waals surface area contributed by atoms with Crippen LogP contribution in [0.15, 0.2) is 65.2 Å². The molecule has 2 aromatic carbocycles. The van der Waals surface area contributed by atoms with E-state index in [1.807, 2.05) is 18.2 Å². The van der Waals surface area contributed by atoms with E-state index in [1.165, 1.54) is 4.90 Å². The lowest BCUT2D eigenvalue weighted by molar-refractivity contribution is -0.116. The number of amides is 2. The van der Waals surface area contributed by atoms with Crippen LogP contribution in [0.25, 0.3) is 0 Å². The molecule has 3 rings (SSSR count). The monoisotopic (exact) mass is 365 g/mol. The van der Waals surface area contributed by atoms with E-state index in [4.69, 9.17) is 9.26 Å². The first-order chi connectivity index (χ1) is 13.0. The molecule has 27 heavy (non-hydrogen) atoms. The number of hydrogen-bond acceptors (Lipinski definition) is 5. The van der Waals surface area contributed by atoms with Crippen LogP contribution in [0.3, 0.4) is 0 Å². The fourth-order valence-electron chi connectivity index (χ4n) is 2.45. The highest BCUT2D eigenvalue weighted by atomic mass is 16.5. The summed E-state index contributed by atoms with van der Waals surface area (Å²) in [4.78, 5) is 26.2. The topological polar surface area (TPSA) is 84.7 Å². The number of anilines is 1. The van der Waals surface area contributed by atoms with Gasteiger partial charge in [0.15, 0.2) is 5.82 Å². The highest BCUT2D eigenvalue weighted by Crippen LogP contribution is 2.25. The molecule has 0 aliphatic heterocycles. The molecule has 0 fully saturated rings. The van der Waals surface area contributed by atoms with Gasteiger partial charge in [-0.15, -0.1) is 0 Å². The molecule has 0 atom stereocenters. The molecular weight excluding hydrogens is 346 g/mol. The second-order valence-electron chi connectivity index (χ2n) is 5.94. The van der Waals surface area contributed by atoms with E-state index in [0.29, 0.717) is 28.6 Å². The van der Waals surface area contributed by atoms with Crippen LogP contribution in [-0.2, 0) is 4.79 Å². The molecule has 0 saturated carbocycles. The van der Waals surface area contributed by atoms with E-state index in [1.54, 1.807) is 56.4 Å². The van der Waals surface area contributed by atoms with Crippen molar-refractivity contribution in [2.75, 3.05) is 18.9 Å². The Morgan fingerprint density at radius 1 is 1.11 bits per heavy atom. The first kappa shape index (κ1) is 18.2. The molecule has 0 aliphatic carbocycles. The van der Waals surface area contributed by atoms with Gasteiger partial charge >= 0.3 is 0 Å². The minimum atomic E-state index is -0.374. The highest BCUT2D eigenvalue weighted by molar-refractivity contribution is 6.00. The molecule has 0 unspecified atom stereocenters. The van der Waals surface area contributed by atoms with Gasteiger partial charge < -0.3 is 19.5 Å². The van der Waals surface area contributed by atoms with Crippen LogP contribution in [-0.4, -0.2) is 35.5 Å². The van der Waals surface area contributed by atoms with E-state index < -0.39 is 0 Å². The molecule has 7 nitrogen and oxygen atoms in total. The van der Waals surface area contributed by atoms with Crippen LogP contribution in [0, 0.1) is 6.92 Å². The van der Waals surface area contributed by atoms with Crippen LogP contribution < -0.4 is 10.1 Å². The fraction of sp³-hybridized carbons (Fsp3) is 0.150. The van der Waals surface area contributed by atoms with E-state index >= 15 is 0 Å². The Morgan fingerprint density at radius 3 is 2.52 bits per heavy atom. The second kappa shape index (κ2) is 8.18. The number of rotatable bonds is 6. The zero-order valence-corrected chi connectivity index (χ0v) is 15.0. The van der Waals surface area contributed by atoms with Crippen LogP contribution in [0.5, 0.6) is 11.5 Å². The van der Waals surface area contributed by atoms with Gasteiger partial charge in [0.25, 0.3) is 5.91 Å². The van der Waals surface area contributed by atoms with Crippen molar-refractivity contribution in [1.29, 1.82) is 0 Å². The van der Waals surface area contributed by atoms with Gasteiger partial charge in [0.2, 0.25) is 5.91 Å². The molecule has 0 aliphatic rings. The minimum absolute atomic E-state index is 0.135. The average Bonchev–Trinajstić information content (AvgIpc) is 3.07. The molecule has 2 amide bonds. The standard InChI is InChI=1S/C20H19N3O4/c1-14-12-18(22-27-14)21-19(24)13-23(2)20(25)16-10-6-7-11-17(16)26-15-8-4-3-5-9-15/h3-12H,13H2,1-2H3,(H,21,22,24). The van der Waals surface area contributed by atoms with Crippen molar-refractivity contribution in [3.8, 4) is 11.5 Å². The lowest BCUT2D eigenvalue weighted by Gasteiger charge is -2.18. The lowest BCUT2D eigenvalue weighted by atomic mass is 10.1. The fourth-order valence-corrected chi connectivity index (χ4v) is 2.45. The Labute approximate surface area is 156 Å². The SMILES string of the molecule is Cc1cc(NC(=O)CN(C)C(=O)c2ccccc2Oc2ccccc2)no1. The number of hydrogen-bond donors (Lipinski definition) is 1. The maximum atomic E-state index is 12.8. The zero-order chi connectivity index (χ0) is 19.2. The zero-order valence-electron chi connectivity index (χ0n) is 15.0. The Balaban J connectivity index is 1.68. The molecule has 1 aromatic heterocycles. The third kappa shape index (κ3) is 4.72. The molecule has 7 heteroatoms. The number of para-hydroxylation sites is 2. The summed E-state index contributed by atoms with van der Waals surface area (Å²) >= 11 is 0. The van der Waals surface area contributed by atoms with E-state index in [2.05, 4.69) is 10.5 Å². The van der Waals surface area contributed by atoms with Gasteiger partial charge in [0, 0.05) is 13.1 Å². The van der Waals surface area contributed by atoms with Crippen molar-refractivity contribution in [2.45, 2.75) is 6.92 Å². The van der Waals surface area contributed by atoms with Gasteiger partial charge in [0.05, 0.1) is 12.1 Å². The Hall–Kier alpha value is -3.61. The van der Waals surface area contributed by atoms with Gasteiger partial charge in [-0.3, -0.25) is 9.59 Å². The van der Waals surface area contributed by atoms with Gasteiger partial charge in [-0.05, 0) is 31.2 Å². The van der Waals surface area contributed by atoms with E-state index in [0.717, 1.165) is 0 Å². The summed E-state index contributed by atoms with van der Waals surface area (Å²) in [5.74, 6) is 1.24. The normalized spacial score (nSPS) is 10.3. The molecule has 0 bridgehead atoms. The molecule has 3 aromatic rings. The highest BCUT2D eigenvalue weighted by Gasteiger charge is 2.19. The summed E-state index contributed by atoms with van der Waals surface area (Å²) in [5.41, 5.74) is 0.369. The van der Waals surface area contributed by atoms with Gasteiger partial charge in [-0.2, -0.15) is 0 Å².